The fraction of sp³-hybridized carbons (Fsp3) is 0.200. The largest absolute Gasteiger partial charge is 0.469 e. The molecule has 0 radical (unpaired) electrons. The van der Waals surface area contributed by atoms with Gasteiger partial charge in [-0.3, -0.25) is 19.7 Å². The van der Waals surface area contributed by atoms with Gasteiger partial charge in [0.05, 0.1) is 23.2 Å². The minimum absolute atomic E-state index is 0.132. The van der Waals surface area contributed by atoms with Crippen molar-refractivity contribution in [3.8, 4) is 0 Å². The lowest BCUT2D eigenvalue weighted by Crippen LogP contribution is -2.09. The third kappa shape index (κ3) is 3.05. The number of nitro benzene ring substituents is 1. The SMILES string of the molecule is Cc1ccc(C(=O)CC(=O)c2ccoc2C)cc1[N+](=O)[O-]. The molecule has 1 aromatic carbocycles. The first-order valence-corrected chi connectivity index (χ1v) is 6.25. The van der Waals surface area contributed by atoms with Gasteiger partial charge in [-0.1, -0.05) is 12.1 Å². The second kappa shape index (κ2) is 5.70. The summed E-state index contributed by atoms with van der Waals surface area (Å²) >= 11 is 0. The lowest BCUT2D eigenvalue weighted by atomic mass is 10.0. The highest BCUT2D eigenvalue weighted by Crippen LogP contribution is 2.21. The molecule has 0 unspecified atom stereocenters. The van der Waals surface area contributed by atoms with E-state index in [1.165, 1.54) is 30.5 Å². The summed E-state index contributed by atoms with van der Waals surface area (Å²) in [4.78, 5) is 34.4. The highest BCUT2D eigenvalue weighted by Gasteiger charge is 2.19. The maximum Gasteiger partial charge on any atom is 0.273 e. The zero-order valence-corrected chi connectivity index (χ0v) is 11.6. The molecule has 0 fully saturated rings. The van der Waals surface area contributed by atoms with E-state index in [1.54, 1.807) is 13.8 Å². The first kappa shape index (κ1) is 14.6. The standard InChI is InChI=1S/C15H13NO5/c1-9-3-4-11(7-13(9)16(19)20)14(17)8-15(18)12-5-6-21-10(12)2/h3-7H,8H2,1-2H3. The Hall–Kier alpha value is -2.76. The van der Waals surface area contributed by atoms with Crippen molar-refractivity contribution in [1.82, 2.24) is 0 Å². The Bertz CT molecular complexity index is 729. The van der Waals surface area contributed by atoms with Gasteiger partial charge in [-0.25, -0.2) is 0 Å². The fourth-order valence-electron chi connectivity index (χ4n) is 2.00. The number of hydrogen-bond donors (Lipinski definition) is 0. The number of Topliss-reactive ketones (excluding diaryl/α,β-unsaturated/α-hetero) is 2. The topological polar surface area (TPSA) is 90.4 Å². The quantitative estimate of drug-likeness (QED) is 0.364. The summed E-state index contributed by atoms with van der Waals surface area (Å²) in [6, 6.07) is 5.69. The molecule has 0 N–H and O–H groups in total. The predicted molar refractivity (Wildman–Crippen MR) is 74.6 cm³/mol. The van der Waals surface area contributed by atoms with Crippen molar-refractivity contribution in [2.45, 2.75) is 20.3 Å². The number of nitrogens with zero attached hydrogens (tertiary/aromatic N) is 1. The van der Waals surface area contributed by atoms with Gasteiger partial charge in [-0.15, -0.1) is 0 Å². The van der Waals surface area contributed by atoms with Crippen molar-refractivity contribution in [2.75, 3.05) is 0 Å². The van der Waals surface area contributed by atoms with Crippen LogP contribution in [0.1, 0.15) is 38.5 Å². The van der Waals surface area contributed by atoms with Crippen molar-refractivity contribution in [3.63, 3.8) is 0 Å². The van der Waals surface area contributed by atoms with E-state index in [0.29, 0.717) is 16.9 Å². The van der Waals surface area contributed by atoms with Gasteiger partial charge >= 0.3 is 0 Å². The first-order valence-electron chi connectivity index (χ1n) is 6.25. The Morgan fingerprint density at radius 1 is 1.19 bits per heavy atom. The van der Waals surface area contributed by atoms with Gasteiger partial charge in [-0.05, 0) is 19.9 Å². The molecule has 0 amide bonds. The van der Waals surface area contributed by atoms with E-state index in [0.717, 1.165) is 0 Å². The van der Waals surface area contributed by atoms with Gasteiger partial charge in [-0.2, -0.15) is 0 Å². The number of rotatable bonds is 5. The van der Waals surface area contributed by atoms with Crippen LogP contribution in [0.4, 0.5) is 5.69 Å². The summed E-state index contributed by atoms with van der Waals surface area (Å²) < 4.78 is 5.02. The molecule has 0 saturated heterocycles. The molecule has 1 heterocycles. The van der Waals surface area contributed by atoms with E-state index in [-0.39, 0.29) is 23.5 Å². The minimum atomic E-state index is -0.547. The van der Waals surface area contributed by atoms with Crippen molar-refractivity contribution < 1.29 is 18.9 Å². The van der Waals surface area contributed by atoms with E-state index < -0.39 is 10.7 Å². The maximum atomic E-state index is 12.1. The Balaban J connectivity index is 2.21. The summed E-state index contributed by atoms with van der Waals surface area (Å²) in [7, 11) is 0. The van der Waals surface area contributed by atoms with Crippen LogP contribution in [0.5, 0.6) is 0 Å². The van der Waals surface area contributed by atoms with Crippen LogP contribution in [0.3, 0.4) is 0 Å². The zero-order valence-electron chi connectivity index (χ0n) is 11.6. The van der Waals surface area contributed by atoms with Crippen LogP contribution in [0, 0.1) is 24.0 Å². The van der Waals surface area contributed by atoms with Crippen LogP contribution in [-0.2, 0) is 0 Å². The summed E-state index contributed by atoms with van der Waals surface area (Å²) in [5, 5.41) is 10.9. The normalized spacial score (nSPS) is 10.4. The average molecular weight is 287 g/mol. The molecule has 0 aliphatic rings. The van der Waals surface area contributed by atoms with Gasteiger partial charge in [0.1, 0.15) is 5.76 Å². The van der Waals surface area contributed by atoms with Gasteiger partial charge < -0.3 is 4.42 Å². The number of hydrogen-bond acceptors (Lipinski definition) is 5. The lowest BCUT2D eigenvalue weighted by Gasteiger charge is -2.02. The van der Waals surface area contributed by atoms with Crippen molar-refractivity contribution in [3.05, 3.63) is 63.1 Å². The van der Waals surface area contributed by atoms with Crippen LogP contribution in [-0.4, -0.2) is 16.5 Å². The predicted octanol–water partition coefficient (Wildman–Crippen LogP) is 3.26. The van der Waals surface area contributed by atoms with E-state index in [4.69, 9.17) is 4.42 Å². The molecule has 0 aliphatic heterocycles. The van der Waals surface area contributed by atoms with Crippen LogP contribution in [0.2, 0.25) is 0 Å². The molecular formula is C15H13NO5. The van der Waals surface area contributed by atoms with Crippen molar-refractivity contribution in [2.24, 2.45) is 0 Å². The molecule has 0 saturated carbocycles. The molecule has 21 heavy (non-hydrogen) atoms. The third-order valence-electron chi connectivity index (χ3n) is 3.21. The number of carbonyl (C=O) groups is 2. The van der Waals surface area contributed by atoms with Gasteiger partial charge in [0.2, 0.25) is 0 Å². The van der Waals surface area contributed by atoms with Crippen LogP contribution < -0.4 is 0 Å². The molecule has 108 valence electrons. The van der Waals surface area contributed by atoms with Gasteiger partial charge in [0.15, 0.2) is 11.6 Å². The second-order valence-electron chi connectivity index (χ2n) is 4.67. The van der Waals surface area contributed by atoms with Crippen LogP contribution >= 0.6 is 0 Å². The van der Waals surface area contributed by atoms with E-state index in [9.17, 15) is 19.7 Å². The fourth-order valence-corrected chi connectivity index (χ4v) is 2.00. The Morgan fingerprint density at radius 2 is 1.90 bits per heavy atom. The molecule has 2 rings (SSSR count). The molecular weight excluding hydrogens is 274 g/mol. The Morgan fingerprint density at radius 3 is 2.48 bits per heavy atom. The summed E-state index contributed by atoms with van der Waals surface area (Å²) in [5.41, 5.74) is 0.841. The second-order valence-corrected chi connectivity index (χ2v) is 4.67. The highest BCUT2D eigenvalue weighted by atomic mass is 16.6. The Kier molecular flexibility index (Phi) is 3.98. The molecule has 6 nitrogen and oxygen atoms in total. The number of nitro groups is 1. The smallest absolute Gasteiger partial charge is 0.273 e. The molecule has 1 aromatic heterocycles. The molecule has 2 aromatic rings. The summed E-state index contributed by atoms with van der Waals surface area (Å²) in [6.07, 6.45) is 1.03. The molecule has 0 aliphatic carbocycles. The molecule has 0 spiro atoms. The molecule has 0 bridgehead atoms. The first-order chi connectivity index (χ1) is 9.90. The molecule has 6 heteroatoms. The summed E-state index contributed by atoms with van der Waals surface area (Å²) in [5.74, 6) is -0.374. The van der Waals surface area contributed by atoms with E-state index in [1.807, 2.05) is 0 Å². The number of aryl methyl sites for hydroxylation is 2. The lowest BCUT2D eigenvalue weighted by molar-refractivity contribution is -0.385. The monoisotopic (exact) mass is 287 g/mol. The van der Waals surface area contributed by atoms with Gasteiger partial charge in [0, 0.05) is 17.2 Å². The number of furan rings is 1. The average Bonchev–Trinajstić information content (AvgIpc) is 2.85. The third-order valence-corrected chi connectivity index (χ3v) is 3.21. The highest BCUT2D eigenvalue weighted by molar-refractivity contribution is 6.14. The van der Waals surface area contributed by atoms with Crippen molar-refractivity contribution >= 4 is 17.3 Å². The van der Waals surface area contributed by atoms with E-state index >= 15 is 0 Å². The van der Waals surface area contributed by atoms with Crippen molar-refractivity contribution in [1.29, 1.82) is 0 Å². The summed E-state index contributed by atoms with van der Waals surface area (Å²) in [6.45, 7) is 3.22. The zero-order chi connectivity index (χ0) is 15.6. The van der Waals surface area contributed by atoms with Crippen LogP contribution in [0.25, 0.3) is 0 Å². The maximum absolute atomic E-state index is 12.1. The minimum Gasteiger partial charge on any atom is -0.469 e. The Labute approximate surface area is 120 Å². The number of ketones is 2. The number of benzene rings is 1. The van der Waals surface area contributed by atoms with Crippen LogP contribution in [0.15, 0.2) is 34.9 Å². The molecule has 0 atom stereocenters. The number of carbonyl (C=O) groups excluding carboxylic acids is 2. The van der Waals surface area contributed by atoms with E-state index in [2.05, 4.69) is 0 Å². The van der Waals surface area contributed by atoms with Gasteiger partial charge in [0.25, 0.3) is 5.69 Å².